The van der Waals surface area contributed by atoms with Crippen LogP contribution in [0.4, 0.5) is 4.79 Å². The largest absolute Gasteiger partial charge is 0.547 e. The summed E-state index contributed by atoms with van der Waals surface area (Å²) < 4.78 is 10.9. The number of ether oxygens (including phenoxy) is 2. The van der Waals surface area contributed by atoms with E-state index in [-0.39, 0.29) is 6.61 Å². The van der Waals surface area contributed by atoms with Gasteiger partial charge in [-0.2, -0.15) is 0 Å². The molecule has 0 bridgehead atoms. The number of nitrogens with zero attached hydrogens (tertiary/aromatic N) is 1. The van der Waals surface area contributed by atoms with Crippen molar-refractivity contribution in [1.29, 1.82) is 0 Å². The summed E-state index contributed by atoms with van der Waals surface area (Å²) in [5.74, 6) is -1.35. The molecule has 0 radical (unpaired) electrons. The van der Waals surface area contributed by atoms with Crippen LogP contribution in [0.5, 0.6) is 0 Å². The molecule has 0 aromatic carbocycles. The van der Waals surface area contributed by atoms with Crippen LogP contribution in [0.3, 0.4) is 0 Å². The summed E-state index contributed by atoms with van der Waals surface area (Å²) in [5, 5.41) is 11.4. The predicted molar refractivity (Wildman–Crippen MR) is 70.7 cm³/mol. The summed E-state index contributed by atoms with van der Waals surface area (Å²) in [5.41, 5.74) is -2.68. The molecule has 1 rings (SSSR count). The monoisotopic (exact) mass is 286 g/mol. The Labute approximate surface area is 120 Å². The van der Waals surface area contributed by atoms with Gasteiger partial charge in [0.25, 0.3) is 0 Å². The number of hydrogen-bond donors (Lipinski definition) is 0. The van der Waals surface area contributed by atoms with E-state index in [9.17, 15) is 14.7 Å². The second-order valence-electron chi connectivity index (χ2n) is 7.44. The van der Waals surface area contributed by atoms with Gasteiger partial charge in [0, 0.05) is 5.41 Å². The molecule has 20 heavy (non-hydrogen) atoms. The molecule has 0 aliphatic carbocycles. The number of amides is 1. The van der Waals surface area contributed by atoms with Crippen molar-refractivity contribution in [2.75, 3.05) is 6.61 Å². The highest BCUT2D eigenvalue weighted by Crippen LogP contribution is 2.37. The molecular formula is C14H24NO5-. The lowest BCUT2D eigenvalue weighted by Crippen LogP contribution is -2.62. The molecule has 1 amide bonds. The van der Waals surface area contributed by atoms with Crippen LogP contribution < -0.4 is 5.11 Å². The molecule has 1 heterocycles. The minimum atomic E-state index is -1.53. The molecule has 1 fully saturated rings. The zero-order valence-corrected chi connectivity index (χ0v) is 13.3. The van der Waals surface area contributed by atoms with E-state index in [1.54, 1.807) is 20.8 Å². The summed E-state index contributed by atoms with van der Waals surface area (Å²) in [6.07, 6.45) is -1.39. The summed E-state index contributed by atoms with van der Waals surface area (Å²) in [6, 6.07) is 0. The molecule has 1 aliphatic heterocycles. The van der Waals surface area contributed by atoms with Gasteiger partial charge in [0.05, 0.1) is 12.6 Å². The Balaban J connectivity index is 3.16. The van der Waals surface area contributed by atoms with Crippen molar-refractivity contribution in [2.45, 2.75) is 65.8 Å². The zero-order chi connectivity index (χ0) is 15.9. The lowest BCUT2D eigenvalue weighted by Gasteiger charge is -2.41. The molecule has 0 aromatic heterocycles. The minimum Gasteiger partial charge on any atom is -0.547 e. The van der Waals surface area contributed by atoms with E-state index in [1.807, 2.05) is 20.8 Å². The number of carboxylic acid groups (broad SMARTS) is 1. The smallest absolute Gasteiger partial charge is 0.413 e. The first kappa shape index (κ1) is 16.8. The van der Waals surface area contributed by atoms with Crippen LogP contribution in [-0.2, 0) is 14.3 Å². The molecule has 6 nitrogen and oxygen atoms in total. The van der Waals surface area contributed by atoms with Crippen LogP contribution in [0.2, 0.25) is 0 Å². The number of rotatable bonds is 1. The average Bonchev–Trinajstić information content (AvgIpc) is 2.54. The van der Waals surface area contributed by atoms with Crippen LogP contribution in [-0.4, -0.2) is 40.9 Å². The van der Waals surface area contributed by atoms with E-state index in [4.69, 9.17) is 9.47 Å². The second-order valence-corrected chi connectivity index (χ2v) is 7.44. The van der Waals surface area contributed by atoms with Crippen molar-refractivity contribution < 1.29 is 24.2 Å². The molecule has 116 valence electrons. The van der Waals surface area contributed by atoms with Crippen molar-refractivity contribution in [3.8, 4) is 0 Å². The third kappa shape index (κ3) is 3.23. The summed E-state index contributed by atoms with van der Waals surface area (Å²) in [6.45, 7) is 12.1. The van der Waals surface area contributed by atoms with Crippen LogP contribution in [0.15, 0.2) is 0 Å². The topological polar surface area (TPSA) is 78.9 Å². The summed E-state index contributed by atoms with van der Waals surface area (Å²) in [4.78, 5) is 25.0. The van der Waals surface area contributed by atoms with Crippen LogP contribution in [0, 0.1) is 5.41 Å². The van der Waals surface area contributed by atoms with E-state index in [1.165, 1.54) is 6.92 Å². The molecule has 0 aromatic rings. The fourth-order valence-electron chi connectivity index (χ4n) is 2.05. The average molecular weight is 286 g/mol. The van der Waals surface area contributed by atoms with Crippen molar-refractivity contribution in [3.05, 3.63) is 0 Å². The van der Waals surface area contributed by atoms with E-state index >= 15 is 0 Å². The molecule has 0 N–H and O–H groups in total. The fourth-order valence-corrected chi connectivity index (χ4v) is 2.05. The van der Waals surface area contributed by atoms with Gasteiger partial charge in [0.15, 0.2) is 0 Å². The van der Waals surface area contributed by atoms with Gasteiger partial charge in [-0.1, -0.05) is 20.8 Å². The van der Waals surface area contributed by atoms with Gasteiger partial charge < -0.3 is 19.4 Å². The number of aliphatic carboxylic acids is 1. The first-order chi connectivity index (χ1) is 8.79. The Morgan fingerprint density at radius 1 is 1.25 bits per heavy atom. The van der Waals surface area contributed by atoms with E-state index in [2.05, 4.69) is 0 Å². The van der Waals surface area contributed by atoms with Gasteiger partial charge in [-0.25, -0.2) is 4.79 Å². The molecule has 1 aliphatic rings. The maximum Gasteiger partial charge on any atom is 0.413 e. The van der Waals surface area contributed by atoms with Crippen molar-refractivity contribution in [2.24, 2.45) is 5.41 Å². The molecule has 0 unspecified atom stereocenters. The van der Waals surface area contributed by atoms with Gasteiger partial charge in [-0.15, -0.1) is 0 Å². The molecule has 0 saturated carbocycles. The Bertz CT molecular complexity index is 407. The fraction of sp³-hybridized carbons (Fsp3) is 0.857. The third-order valence-corrected chi connectivity index (χ3v) is 3.06. The molecule has 0 spiro atoms. The van der Waals surface area contributed by atoms with E-state index in [0.717, 1.165) is 4.90 Å². The Morgan fingerprint density at radius 2 is 1.75 bits per heavy atom. The quantitative estimate of drug-likeness (QED) is 0.722. The lowest BCUT2D eigenvalue weighted by atomic mass is 9.91. The van der Waals surface area contributed by atoms with Gasteiger partial charge in [-0.05, 0) is 27.7 Å². The highest BCUT2D eigenvalue weighted by atomic mass is 16.6. The summed E-state index contributed by atoms with van der Waals surface area (Å²) >= 11 is 0. The van der Waals surface area contributed by atoms with Gasteiger partial charge in [0.2, 0.25) is 0 Å². The van der Waals surface area contributed by atoms with Gasteiger partial charge in [-0.3, -0.25) is 4.90 Å². The van der Waals surface area contributed by atoms with E-state index < -0.39 is 34.8 Å². The standard InChI is InChI=1S/C14H25NO5/c1-12(2,3)9-15(11(18)20-13(4,5)6)14(7,8-19-9)10(16)17/h9H,8H2,1-7H3,(H,16,17)/p-1/t9-,14+/m1/s1. The van der Waals surface area contributed by atoms with Crippen molar-refractivity contribution in [3.63, 3.8) is 0 Å². The second kappa shape index (κ2) is 4.91. The number of carbonyl (C=O) groups excluding carboxylic acids is 2. The number of hydrogen-bond acceptors (Lipinski definition) is 5. The predicted octanol–water partition coefficient (Wildman–Crippen LogP) is 1.13. The Hall–Kier alpha value is -1.30. The normalized spacial score (nSPS) is 27.6. The molecule has 1 saturated heterocycles. The van der Waals surface area contributed by atoms with Crippen molar-refractivity contribution in [1.82, 2.24) is 4.90 Å². The first-order valence-corrected chi connectivity index (χ1v) is 6.64. The molecule has 2 atom stereocenters. The molecular weight excluding hydrogens is 262 g/mol. The maximum absolute atomic E-state index is 12.4. The number of carboxylic acids is 1. The highest BCUT2D eigenvalue weighted by molar-refractivity contribution is 5.83. The highest BCUT2D eigenvalue weighted by Gasteiger charge is 2.53. The third-order valence-electron chi connectivity index (χ3n) is 3.06. The van der Waals surface area contributed by atoms with E-state index in [0.29, 0.717) is 0 Å². The minimum absolute atomic E-state index is 0.115. The SMILES string of the molecule is CC(C)(C)OC(=O)N1[C@@H](C(C)(C)C)OC[C@@]1(C)C(=O)[O-]. The summed E-state index contributed by atoms with van der Waals surface area (Å²) in [7, 11) is 0. The van der Waals surface area contributed by atoms with Crippen LogP contribution >= 0.6 is 0 Å². The zero-order valence-electron chi connectivity index (χ0n) is 13.3. The maximum atomic E-state index is 12.4. The lowest BCUT2D eigenvalue weighted by molar-refractivity contribution is -0.316. The van der Waals surface area contributed by atoms with Crippen LogP contribution in [0.25, 0.3) is 0 Å². The van der Waals surface area contributed by atoms with Gasteiger partial charge in [0.1, 0.15) is 17.4 Å². The molecule has 6 heteroatoms. The first-order valence-electron chi connectivity index (χ1n) is 6.64. The van der Waals surface area contributed by atoms with Crippen molar-refractivity contribution >= 4 is 12.1 Å². The Morgan fingerprint density at radius 3 is 2.10 bits per heavy atom. The number of carbonyl (C=O) groups is 2. The Kier molecular flexibility index (Phi) is 4.11. The van der Waals surface area contributed by atoms with Gasteiger partial charge >= 0.3 is 6.09 Å². The van der Waals surface area contributed by atoms with Crippen LogP contribution in [0.1, 0.15) is 48.5 Å².